The van der Waals surface area contributed by atoms with E-state index in [1.807, 2.05) is 41.2 Å². The van der Waals surface area contributed by atoms with E-state index in [0.29, 0.717) is 12.3 Å². The molecule has 172 valence electrons. The van der Waals surface area contributed by atoms with Crippen molar-refractivity contribution in [1.29, 1.82) is 0 Å². The van der Waals surface area contributed by atoms with Gasteiger partial charge in [0.05, 0.1) is 11.8 Å². The molecule has 9 heteroatoms. The third-order valence-corrected chi connectivity index (χ3v) is 8.13. The largest absolute Gasteiger partial charge is 0.483 e. The van der Waals surface area contributed by atoms with Crippen LogP contribution in [0.5, 0.6) is 5.75 Å². The second kappa shape index (κ2) is 8.71. The molecule has 0 unspecified atom stereocenters. The summed E-state index contributed by atoms with van der Waals surface area (Å²) in [6.07, 6.45) is 5.19. The van der Waals surface area contributed by atoms with Crippen LogP contribution in [0.15, 0.2) is 58.2 Å². The number of aromatic nitrogens is 1. The lowest BCUT2D eigenvalue weighted by Crippen LogP contribution is -2.48. The molecular formula is C23H27FN2O5S. The summed E-state index contributed by atoms with van der Waals surface area (Å²) in [5.41, 5.74) is -2.08. The van der Waals surface area contributed by atoms with E-state index >= 15 is 4.39 Å². The number of ether oxygens (including phenoxy) is 1. The second-order valence-electron chi connectivity index (χ2n) is 8.57. The van der Waals surface area contributed by atoms with Gasteiger partial charge in [-0.25, -0.2) is 17.1 Å². The van der Waals surface area contributed by atoms with Crippen LogP contribution in [0, 0.1) is 0 Å². The summed E-state index contributed by atoms with van der Waals surface area (Å²) in [6, 6.07) is 9.29. The third-order valence-electron chi connectivity index (χ3n) is 5.86. The Labute approximate surface area is 186 Å². The number of alkyl halides is 1. The van der Waals surface area contributed by atoms with Crippen LogP contribution in [0.4, 0.5) is 4.39 Å². The quantitative estimate of drug-likeness (QED) is 0.536. The molecule has 1 aliphatic heterocycles. The topological polar surface area (TPSA) is 81.8 Å². The van der Waals surface area contributed by atoms with E-state index in [4.69, 9.17) is 9.15 Å². The van der Waals surface area contributed by atoms with Gasteiger partial charge in [0.1, 0.15) is 24.3 Å². The van der Waals surface area contributed by atoms with Crippen LogP contribution in [0.25, 0.3) is 10.8 Å². The van der Waals surface area contributed by atoms with Crippen LogP contribution < -0.4 is 10.2 Å². The number of rotatable bonds is 7. The number of sulfonamides is 1. The fraction of sp³-hybridized carbons (Fsp3) is 0.435. The van der Waals surface area contributed by atoms with Crippen molar-refractivity contribution in [3.63, 3.8) is 0 Å². The highest BCUT2D eigenvalue weighted by molar-refractivity contribution is 7.89. The molecule has 2 aromatic heterocycles. The zero-order valence-corrected chi connectivity index (χ0v) is 19.0. The van der Waals surface area contributed by atoms with Gasteiger partial charge in [0.25, 0.3) is 0 Å². The highest BCUT2D eigenvalue weighted by Crippen LogP contribution is 2.29. The Bertz CT molecular complexity index is 1220. The van der Waals surface area contributed by atoms with Crippen molar-refractivity contribution in [2.75, 3.05) is 19.7 Å². The molecule has 7 nitrogen and oxygen atoms in total. The Morgan fingerprint density at radius 3 is 2.34 bits per heavy atom. The summed E-state index contributed by atoms with van der Waals surface area (Å²) in [5.74, 6) is 0.408. The van der Waals surface area contributed by atoms with E-state index in [2.05, 4.69) is 0 Å². The van der Waals surface area contributed by atoms with Crippen molar-refractivity contribution < 1.29 is 22.0 Å². The van der Waals surface area contributed by atoms with Crippen molar-refractivity contribution in [2.45, 2.75) is 44.2 Å². The Morgan fingerprint density at radius 2 is 1.78 bits per heavy atom. The smallest absolute Gasteiger partial charge is 0.227 e. The van der Waals surface area contributed by atoms with E-state index in [-0.39, 0.29) is 43.7 Å². The number of halogens is 1. The molecule has 0 saturated carbocycles. The van der Waals surface area contributed by atoms with Crippen molar-refractivity contribution in [2.24, 2.45) is 0 Å². The molecule has 0 amide bonds. The van der Waals surface area contributed by atoms with Crippen LogP contribution >= 0.6 is 0 Å². The highest BCUT2D eigenvalue weighted by atomic mass is 32.2. The summed E-state index contributed by atoms with van der Waals surface area (Å²) in [4.78, 5) is 12.4. The number of fused-ring (bicyclic) bond motifs is 1. The monoisotopic (exact) mass is 462 g/mol. The summed E-state index contributed by atoms with van der Waals surface area (Å²) in [7, 11) is -3.40. The van der Waals surface area contributed by atoms with Gasteiger partial charge in [-0.05, 0) is 37.5 Å². The number of hydrogen-bond donors (Lipinski definition) is 0. The Kier molecular flexibility index (Phi) is 6.13. The molecule has 3 heterocycles. The molecule has 1 fully saturated rings. The van der Waals surface area contributed by atoms with Crippen LogP contribution in [0.3, 0.4) is 0 Å². The number of hydrogen-bond acceptors (Lipinski definition) is 5. The van der Waals surface area contributed by atoms with E-state index in [1.54, 1.807) is 13.8 Å². The van der Waals surface area contributed by atoms with Gasteiger partial charge in [-0.1, -0.05) is 24.3 Å². The molecule has 1 saturated heterocycles. The van der Waals surface area contributed by atoms with Crippen molar-refractivity contribution in [3.05, 3.63) is 65.0 Å². The molecule has 0 radical (unpaired) electrons. The predicted molar refractivity (Wildman–Crippen MR) is 120 cm³/mol. The molecule has 0 spiro atoms. The maximum absolute atomic E-state index is 15.1. The lowest BCUT2D eigenvalue weighted by atomic mass is 9.95. The Hall–Kier alpha value is -2.65. The van der Waals surface area contributed by atoms with Crippen molar-refractivity contribution in [3.8, 4) is 5.75 Å². The van der Waals surface area contributed by atoms with Crippen LogP contribution in [0.2, 0.25) is 0 Å². The van der Waals surface area contributed by atoms with Crippen LogP contribution in [-0.4, -0.2) is 47.9 Å². The molecule has 1 aromatic carbocycles. The molecule has 4 rings (SSSR count). The van der Waals surface area contributed by atoms with Gasteiger partial charge in [0, 0.05) is 31.5 Å². The number of piperidine rings is 1. The second-order valence-corrected chi connectivity index (χ2v) is 11.1. The minimum Gasteiger partial charge on any atom is -0.483 e. The standard InChI is InChI=1S/C23H27FN2O5S/c1-17(2)32(28,29)26-9-7-23(24,8-10-26)16-31-22-15-30-20(11-21(22)27)14-25-12-18-5-3-4-6-19(18)13-25/h3-6,11-13,15,17H,7-10,14,16H2,1-2H3. The number of benzene rings is 1. The lowest BCUT2D eigenvalue weighted by Gasteiger charge is -2.36. The minimum atomic E-state index is -3.40. The molecule has 3 aromatic rings. The molecule has 0 N–H and O–H groups in total. The zero-order valence-electron chi connectivity index (χ0n) is 18.2. The Balaban J connectivity index is 1.36. The summed E-state index contributed by atoms with van der Waals surface area (Å²) < 4.78 is 53.9. The van der Waals surface area contributed by atoms with Gasteiger partial charge in [0.2, 0.25) is 21.2 Å². The molecule has 0 aliphatic carbocycles. The van der Waals surface area contributed by atoms with E-state index < -0.39 is 20.9 Å². The summed E-state index contributed by atoms with van der Waals surface area (Å²) >= 11 is 0. The van der Waals surface area contributed by atoms with Gasteiger partial charge < -0.3 is 13.7 Å². The molecular weight excluding hydrogens is 435 g/mol. The first-order valence-electron chi connectivity index (χ1n) is 10.6. The van der Waals surface area contributed by atoms with E-state index in [0.717, 1.165) is 10.8 Å². The van der Waals surface area contributed by atoms with Crippen molar-refractivity contribution >= 4 is 20.8 Å². The summed E-state index contributed by atoms with van der Waals surface area (Å²) in [6.45, 7) is 3.47. The first-order chi connectivity index (χ1) is 15.2. The van der Waals surface area contributed by atoms with Crippen molar-refractivity contribution in [1.82, 2.24) is 8.87 Å². The average molecular weight is 463 g/mol. The SMILES string of the molecule is CC(C)S(=O)(=O)N1CCC(F)(COc2coc(Cn3cc4ccccc4c3)cc2=O)CC1. The Morgan fingerprint density at radius 1 is 1.16 bits per heavy atom. The van der Waals surface area contributed by atoms with Gasteiger partial charge in [-0.15, -0.1) is 0 Å². The van der Waals surface area contributed by atoms with Gasteiger partial charge in [0.15, 0.2) is 0 Å². The third kappa shape index (κ3) is 4.73. The van der Waals surface area contributed by atoms with E-state index in [9.17, 15) is 13.2 Å². The molecule has 0 bridgehead atoms. The maximum Gasteiger partial charge on any atom is 0.227 e. The fourth-order valence-electron chi connectivity index (χ4n) is 3.83. The lowest BCUT2D eigenvalue weighted by molar-refractivity contribution is 0.0354. The first-order valence-corrected chi connectivity index (χ1v) is 12.1. The average Bonchev–Trinajstić information content (AvgIpc) is 3.15. The number of nitrogens with zero attached hydrogens (tertiary/aromatic N) is 2. The first kappa shape index (κ1) is 22.5. The normalized spacial score (nSPS) is 17.1. The zero-order chi connectivity index (χ0) is 22.9. The summed E-state index contributed by atoms with van der Waals surface area (Å²) in [5, 5.41) is 1.64. The molecule has 0 atom stereocenters. The van der Waals surface area contributed by atoms with Crippen LogP contribution in [-0.2, 0) is 16.6 Å². The van der Waals surface area contributed by atoms with Crippen LogP contribution in [0.1, 0.15) is 32.4 Å². The van der Waals surface area contributed by atoms with Gasteiger partial charge in [-0.3, -0.25) is 4.79 Å². The van der Waals surface area contributed by atoms with Gasteiger partial charge in [-0.2, -0.15) is 0 Å². The maximum atomic E-state index is 15.1. The fourth-order valence-corrected chi connectivity index (χ4v) is 5.12. The van der Waals surface area contributed by atoms with Gasteiger partial charge >= 0.3 is 0 Å². The molecule has 1 aliphatic rings. The minimum absolute atomic E-state index is 0.0174. The predicted octanol–water partition coefficient (Wildman–Crippen LogP) is 3.56. The van der Waals surface area contributed by atoms with E-state index in [1.165, 1.54) is 16.6 Å². The molecule has 32 heavy (non-hydrogen) atoms. The highest BCUT2D eigenvalue weighted by Gasteiger charge is 2.39.